The molecule has 0 N–H and O–H groups in total. The van der Waals surface area contributed by atoms with Crippen LogP contribution in [0.15, 0.2) is 67.3 Å². The Morgan fingerprint density at radius 3 is 2.18 bits per heavy atom. The van der Waals surface area contributed by atoms with Crippen LogP contribution in [0.4, 0.5) is 24.3 Å². The molecule has 1 unspecified atom stereocenters. The molecule has 1 atom stereocenters. The van der Waals surface area contributed by atoms with E-state index in [0.29, 0.717) is 16.0 Å². The van der Waals surface area contributed by atoms with Crippen LogP contribution in [0.5, 0.6) is 0 Å². The van der Waals surface area contributed by atoms with Crippen molar-refractivity contribution in [2.75, 3.05) is 4.90 Å². The molecule has 45 heavy (non-hydrogen) atoms. The van der Waals surface area contributed by atoms with Crippen LogP contribution in [-0.2, 0) is 9.47 Å². The van der Waals surface area contributed by atoms with Crippen molar-refractivity contribution < 1.29 is 27.8 Å². The minimum absolute atomic E-state index is 0.0908. The maximum Gasteiger partial charge on any atom is 0.427 e. The minimum Gasteiger partial charge on any atom is -0.443 e. The highest BCUT2D eigenvalue weighted by Gasteiger charge is 2.35. The van der Waals surface area contributed by atoms with Gasteiger partial charge >= 0.3 is 12.2 Å². The maximum atomic E-state index is 16.0. The van der Waals surface area contributed by atoms with Gasteiger partial charge in [-0.3, -0.25) is 9.67 Å². The van der Waals surface area contributed by atoms with Gasteiger partial charge in [-0.1, -0.05) is 12.1 Å². The van der Waals surface area contributed by atoms with Gasteiger partial charge in [-0.25, -0.2) is 22.9 Å². The van der Waals surface area contributed by atoms with E-state index >= 15 is 4.39 Å². The molecule has 0 bridgehead atoms. The normalized spacial score (nSPS) is 12.6. The third-order valence-electron chi connectivity index (χ3n) is 6.50. The van der Waals surface area contributed by atoms with Crippen LogP contribution in [0, 0.1) is 11.6 Å². The summed E-state index contributed by atoms with van der Waals surface area (Å²) in [4.78, 5) is 35.3. The topological polar surface area (TPSA) is 117 Å². The van der Waals surface area contributed by atoms with Crippen LogP contribution in [0.2, 0.25) is 0 Å². The molecule has 13 heteroatoms. The first-order valence-electron chi connectivity index (χ1n) is 14.2. The lowest BCUT2D eigenvalue weighted by Crippen LogP contribution is -2.44. The number of benzene rings is 1. The predicted molar refractivity (Wildman–Crippen MR) is 163 cm³/mol. The third-order valence-corrected chi connectivity index (χ3v) is 6.50. The highest BCUT2D eigenvalue weighted by Crippen LogP contribution is 2.31. The molecule has 0 radical (unpaired) electrons. The maximum absolute atomic E-state index is 16.0. The highest BCUT2D eigenvalue weighted by atomic mass is 19.1. The van der Waals surface area contributed by atoms with Crippen LogP contribution in [0.3, 0.4) is 0 Å². The van der Waals surface area contributed by atoms with Crippen molar-refractivity contribution in [3.8, 4) is 22.4 Å². The van der Waals surface area contributed by atoms with E-state index in [1.54, 1.807) is 76.7 Å². The second kappa shape index (κ2) is 11.7. The van der Waals surface area contributed by atoms with Gasteiger partial charge in [0, 0.05) is 29.7 Å². The Bertz CT molecular complexity index is 1840. The van der Waals surface area contributed by atoms with Crippen LogP contribution in [0.1, 0.15) is 60.1 Å². The Balaban J connectivity index is 1.47. The molecule has 0 aliphatic rings. The van der Waals surface area contributed by atoms with E-state index in [9.17, 15) is 14.0 Å². The molecule has 5 aromatic rings. The molecule has 0 aliphatic heterocycles. The number of carbonyl (C=O) groups is 2. The van der Waals surface area contributed by atoms with E-state index in [4.69, 9.17) is 9.47 Å². The first-order valence-corrected chi connectivity index (χ1v) is 14.2. The molecule has 4 heterocycles. The van der Waals surface area contributed by atoms with Gasteiger partial charge in [0.1, 0.15) is 22.7 Å². The predicted octanol–water partition coefficient (Wildman–Crippen LogP) is 7.22. The average molecular weight is 618 g/mol. The number of fused-ring (bicyclic) bond motifs is 1. The summed E-state index contributed by atoms with van der Waals surface area (Å²) in [7, 11) is 0. The van der Waals surface area contributed by atoms with Gasteiger partial charge in [-0.15, -0.1) is 10.00 Å². The molecule has 0 aliphatic carbocycles. The quantitative estimate of drug-likeness (QED) is 0.203. The van der Waals surface area contributed by atoms with Gasteiger partial charge in [0.05, 0.1) is 12.2 Å². The molecular weight excluding hydrogens is 584 g/mol. The van der Waals surface area contributed by atoms with Gasteiger partial charge in [0.15, 0.2) is 11.5 Å². The molecule has 5 rings (SSSR count). The number of carbonyl (C=O) groups excluding carboxylic acids is 2. The molecule has 11 nitrogen and oxygen atoms in total. The molecule has 4 aromatic heterocycles. The zero-order valence-corrected chi connectivity index (χ0v) is 25.9. The molecular formula is C32H33F2N7O4. The number of hydrogen-bond acceptors (Lipinski definition) is 8. The number of anilines is 1. The molecule has 0 fully saturated rings. The van der Waals surface area contributed by atoms with Crippen molar-refractivity contribution in [2.45, 2.75) is 65.7 Å². The number of imide groups is 1. The van der Waals surface area contributed by atoms with Crippen LogP contribution < -0.4 is 4.90 Å². The molecule has 2 amide bonds. The summed E-state index contributed by atoms with van der Waals surface area (Å²) < 4.78 is 43.2. The number of pyridine rings is 2. The first-order chi connectivity index (χ1) is 21.1. The van der Waals surface area contributed by atoms with Crippen molar-refractivity contribution in [1.29, 1.82) is 0 Å². The standard InChI is InChI=1S/C32H33F2N7O4/c1-19(20-8-10-23(33)11-9-20)40-18-22(17-36-40)27-26(34)24(12-14-35-27)21-13-15-39-25(16-21)37-28(38-39)41(29(42)44-31(2,3)4)30(43)45-32(5,6)7/h8-19H,1-7H3. The molecule has 0 saturated carbocycles. The highest BCUT2D eigenvalue weighted by molar-refractivity contribution is 6.08. The molecule has 0 spiro atoms. The van der Waals surface area contributed by atoms with Crippen LogP contribution in [0.25, 0.3) is 28.0 Å². The summed E-state index contributed by atoms with van der Waals surface area (Å²) in [5, 5.41) is 8.66. The van der Waals surface area contributed by atoms with Gasteiger partial charge < -0.3 is 9.47 Å². The van der Waals surface area contributed by atoms with Crippen LogP contribution >= 0.6 is 0 Å². The van der Waals surface area contributed by atoms with Crippen molar-refractivity contribution in [3.05, 3.63) is 84.4 Å². The minimum atomic E-state index is -1.01. The number of ether oxygens (including phenoxy) is 2. The fraction of sp³-hybridized carbons (Fsp3) is 0.312. The lowest BCUT2D eigenvalue weighted by molar-refractivity contribution is 0.0427. The Morgan fingerprint density at radius 2 is 1.56 bits per heavy atom. The summed E-state index contributed by atoms with van der Waals surface area (Å²) in [6, 6.07) is 10.6. The van der Waals surface area contributed by atoms with Crippen molar-refractivity contribution in [2.24, 2.45) is 0 Å². The molecule has 0 saturated heterocycles. The number of halogens is 2. The van der Waals surface area contributed by atoms with Crippen molar-refractivity contribution in [1.82, 2.24) is 29.4 Å². The zero-order valence-electron chi connectivity index (χ0n) is 25.9. The van der Waals surface area contributed by atoms with E-state index in [-0.39, 0.29) is 34.7 Å². The number of rotatable bonds is 5. The zero-order chi connectivity index (χ0) is 32.7. The number of aromatic nitrogens is 6. The number of amides is 2. The second-order valence-corrected chi connectivity index (χ2v) is 12.4. The van der Waals surface area contributed by atoms with Gasteiger partial charge in [-0.2, -0.15) is 10.1 Å². The summed E-state index contributed by atoms with van der Waals surface area (Å²) in [5.41, 5.74) is 0.501. The van der Waals surface area contributed by atoms with E-state index in [0.717, 1.165) is 5.56 Å². The van der Waals surface area contributed by atoms with Gasteiger partial charge in [-0.05, 0) is 89.9 Å². The van der Waals surface area contributed by atoms with Crippen molar-refractivity contribution >= 4 is 23.8 Å². The lowest BCUT2D eigenvalue weighted by Gasteiger charge is -2.26. The Labute approximate surface area is 258 Å². The number of nitrogens with zero attached hydrogens (tertiary/aromatic N) is 7. The van der Waals surface area contributed by atoms with E-state index in [2.05, 4.69) is 20.2 Å². The fourth-order valence-corrected chi connectivity index (χ4v) is 4.42. The second-order valence-electron chi connectivity index (χ2n) is 12.4. The smallest absolute Gasteiger partial charge is 0.427 e. The largest absolute Gasteiger partial charge is 0.443 e. The Morgan fingerprint density at radius 1 is 0.911 bits per heavy atom. The SMILES string of the molecule is CC(c1ccc(F)cc1)n1cc(-c2nccc(-c3ccn4nc(N(C(=O)OC(C)(C)C)C(=O)OC(C)(C)C)nc4c3)c2F)cn1. The molecule has 1 aromatic carbocycles. The fourth-order valence-electron chi connectivity index (χ4n) is 4.42. The first kappa shape index (κ1) is 31.2. The lowest BCUT2D eigenvalue weighted by atomic mass is 10.0. The van der Waals surface area contributed by atoms with E-state index < -0.39 is 29.2 Å². The summed E-state index contributed by atoms with van der Waals surface area (Å²) in [5.74, 6) is -1.19. The Kier molecular flexibility index (Phi) is 8.13. The molecule has 234 valence electrons. The average Bonchev–Trinajstić information content (AvgIpc) is 3.58. The van der Waals surface area contributed by atoms with Gasteiger partial charge in [0.2, 0.25) is 0 Å². The monoisotopic (exact) mass is 617 g/mol. The Hall–Kier alpha value is -5.20. The van der Waals surface area contributed by atoms with Crippen molar-refractivity contribution in [3.63, 3.8) is 0 Å². The number of hydrogen-bond donors (Lipinski definition) is 0. The van der Waals surface area contributed by atoms with Gasteiger partial charge in [0.25, 0.3) is 5.95 Å². The van der Waals surface area contributed by atoms with Crippen LogP contribution in [-0.4, -0.2) is 52.8 Å². The van der Waals surface area contributed by atoms with E-state index in [1.807, 2.05) is 6.92 Å². The van der Waals surface area contributed by atoms with E-state index in [1.165, 1.54) is 41.3 Å². The summed E-state index contributed by atoms with van der Waals surface area (Å²) in [6.45, 7) is 11.9. The third kappa shape index (κ3) is 6.97. The summed E-state index contributed by atoms with van der Waals surface area (Å²) in [6.07, 6.45) is 4.20. The summed E-state index contributed by atoms with van der Waals surface area (Å²) >= 11 is 0.